The van der Waals surface area contributed by atoms with Gasteiger partial charge in [-0.1, -0.05) is 36.4 Å². The summed E-state index contributed by atoms with van der Waals surface area (Å²) >= 11 is 0. The quantitative estimate of drug-likeness (QED) is 0.723. The molecular weight excluding hydrogens is 354 g/mol. The monoisotopic (exact) mass is 381 g/mol. The van der Waals surface area contributed by atoms with E-state index in [4.69, 9.17) is 10.5 Å². The van der Waals surface area contributed by atoms with Crippen LogP contribution in [0.5, 0.6) is 5.75 Å². The summed E-state index contributed by atoms with van der Waals surface area (Å²) in [5.41, 5.74) is 7.67. The molecule has 1 saturated heterocycles. The summed E-state index contributed by atoms with van der Waals surface area (Å²) in [6.45, 7) is 2.19. The van der Waals surface area contributed by atoms with Gasteiger partial charge in [-0.25, -0.2) is 0 Å². The molecule has 0 aromatic heterocycles. The molecule has 2 aromatic carbocycles. The Balaban J connectivity index is 1.55. The predicted molar refractivity (Wildman–Crippen MR) is 109 cm³/mol. The number of nitrogens with two attached hydrogens (primary N) is 1. The van der Waals surface area contributed by atoms with Gasteiger partial charge in [0.2, 0.25) is 5.91 Å². The highest BCUT2D eigenvalue weighted by Gasteiger charge is 2.22. The number of amides is 2. The number of hydrogen-bond donors (Lipinski definition) is 1. The third-order valence-electron chi connectivity index (χ3n) is 4.83. The molecule has 2 N–H and O–H groups in total. The van der Waals surface area contributed by atoms with Crippen molar-refractivity contribution in [3.63, 3.8) is 0 Å². The summed E-state index contributed by atoms with van der Waals surface area (Å²) in [6.07, 6.45) is 2.23. The van der Waals surface area contributed by atoms with E-state index in [2.05, 4.69) is 0 Å². The first-order valence-electron chi connectivity index (χ1n) is 9.72. The summed E-state index contributed by atoms with van der Waals surface area (Å²) < 4.78 is 5.71. The zero-order chi connectivity index (χ0) is 19.8. The van der Waals surface area contributed by atoms with E-state index in [-0.39, 0.29) is 18.4 Å². The van der Waals surface area contributed by atoms with E-state index < -0.39 is 0 Å². The van der Waals surface area contributed by atoms with Gasteiger partial charge in [-0.2, -0.15) is 0 Å². The first-order valence-corrected chi connectivity index (χ1v) is 9.72. The molecule has 0 aliphatic carbocycles. The average molecular weight is 381 g/mol. The van der Waals surface area contributed by atoms with Crippen LogP contribution in [0.3, 0.4) is 0 Å². The normalized spacial score (nSPS) is 13.6. The zero-order valence-corrected chi connectivity index (χ0v) is 16.0. The van der Waals surface area contributed by atoms with Crippen LogP contribution in [0, 0.1) is 0 Å². The Hall–Kier alpha value is -2.86. The van der Waals surface area contributed by atoms with Crippen molar-refractivity contribution in [3.05, 3.63) is 60.2 Å². The van der Waals surface area contributed by atoms with Crippen molar-refractivity contribution in [2.24, 2.45) is 5.73 Å². The molecule has 2 amide bonds. The fraction of sp³-hybridized carbons (Fsp3) is 0.364. The van der Waals surface area contributed by atoms with Crippen LogP contribution in [0.25, 0.3) is 0 Å². The molecule has 0 spiro atoms. The average Bonchev–Trinajstić information content (AvgIpc) is 3.16. The first-order chi connectivity index (χ1) is 13.7. The van der Waals surface area contributed by atoms with Crippen molar-refractivity contribution >= 4 is 17.5 Å². The molecule has 2 aromatic rings. The van der Waals surface area contributed by atoms with E-state index in [1.54, 1.807) is 15.9 Å². The molecule has 3 rings (SSSR count). The van der Waals surface area contributed by atoms with Crippen LogP contribution >= 0.6 is 0 Å². The Bertz CT molecular complexity index is 795. The molecule has 28 heavy (non-hydrogen) atoms. The molecule has 6 heteroatoms. The third-order valence-corrected chi connectivity index (χ3v) is 4.83. The van der Waals surface area contributed by atoms with Gasteiger partial charge in [0.05, 0.1) is 0 Å². The lowest BCUT2D eigenvalue weighted by atomic mass is 10.1. The number of carbonyl (C=O) groups is 2. The van der Waals surface area contributed by atoms with Gasteiger partial charge in [0.15, 0.2) is 6.61 Å². The molecule has 1 fully saturated rings. The highest BCUT2D eigenvalue weighted by atomic mass is 16.5. The molecule has 0 bridgehead atoms. The standard InChI is InChI=1S/C22H27N3O3/c23-12-15-24(14-11-18-6-2-1-3-7-18)22(27)17-28-20-9-4-8-19(16-20)25-13-5-10-21(25)26/h1-4,6-9,16H,5,10-15,17,23H2. The van der Waals surface area contributed by atoms with E-state index in [9.17, 15) is 9.59 Å². The molecule has 148 valence electrons. The second-order valence-corrected chi connectivity index (χ2v) is 6.84. The third kappa shape index (κ3) is 5.33. The SMILES string of the molecule is NCCN(CCc1ccccc1)C(=O)COc1cccc(N2CCCC2=O)c1. The van der Waals surface area contributed by atoms with E-state index >= 15 is 0 Å². The summed E-state index contributed by atoms with van der Waals surface area (Å²) in [5, 5.41) is 0. The second kappa shape index (κ2) is 9.90. The molecule has 1 aliphatic rings. The lowest BCUT2D eigenvalue weighted by Gasteiger charge is -2.22. The largest absolute Gasteiger partial charge is 0.484 e. The van der Waals surface area contributed by atoms with Crippen molar-refractivity contribution in [3.8, 4) is 5.75 Å². The van der Waals surface area contributed by atoms with E-state index in [0.717, 1.165) is 25.1 Å². The second-order valence-electron chi connectivity index (χ2n) is 6.84. The van der Waals surface area contributed by atoms with Gasteiger partial charge < -0.3 is 20.3 Å². The summed E-state index contributed by atoms with van der Waals surface area (Å²) in [7, 11) is 0. The van der Waals surface area contributed by atoms with Crippen LogP contribution in [-0.4, -0.2) is 49.5 Å². The number of ether oxygens (including phenoxy) is 1. The van der Waals surface area contributed by atoms with E-state index in [1.165, 1.54) is 5.56 Å². The number of carbonyl (C=O) groups excluding carboxylic acids is 2. The van der Waals surface area contributed by atoms with Gasteiger partial charge in [0, 0.05) is 44.4 Å². The number of benzene rings is 2. The molecule has 0 radical (unpaired) electrons. The zero-order valence-electron chi connectivity index (χ0n) is 16.0. The van der Waals surface area contributed by atoms with Crippen LogP contribution in [0.15, 0.2) is 54.6 Å². The van der Waals surface area contributed by atoms with Gasteiger partial charge in [0.1, 0.15) is 5.75 Å². The molecule has 0 atom stereocenters. The maximum atomic E-state index is 12.6. The number of anilines is 1. The molecular formula is C22H27N3O3. The van der Waals surface area contributed by atoms with Crippen LogP contribution in [0.1, 0.15) is 18.4 Å². The smallest absolute Gasteiger partial charge is 0.260 e. The molecule has 0 unspecified atom stereocenters. The Kier molecular flexibility index (Phi) is 7.03. The van der Waals surface area contributed by atoms with Gasteiger partial charge in [-0.15, -0.1) is 0 Å². The minimum absolute atomic E-state index is 0.0494. The van der Waals surface area contributed by atoms with Crippen molar-refractivity contribution in [2.75, 3.05) is 37.7 Å². The lowest BCUT2D eigenvalue weighted by Crippen LogP contribution is -2.39. The predicted octanol–water partition coefficient (Wildman–Crippen LogP) is 2.22. The topological polar surface area (TPSA) is 75.9 Å². The lowest BCUT2D eigenvalue weighted by molar-refractivity contribution is -0.133. The minimum Gasteiger partial charge on any atom is -0.484 e. The molecule has 1 aliphatic heterocycles. The van der Waals surface area contributed by atoms with Gasteiger partial charge >= 0.3 is 0 Å². The summed E-state index contributed by atoms with van der Waals surface area (Å²) in [5.74, 6) is 0.619. The van der Waals surface area contributed by atoms with Crippen LogP contribution < -0.4 is 15.4 Å². The fourth-order valence-electron chi connectivity index (χ4n) is 3.32. The van der Waals surface area contributed by atoms with Crippen molar-refractivity contribution < 1.29 is 14.3 Å². The van der Waals surface area contributed by atoms with Crippen LogP contribution in [0.2, 0.25) is 0 Å². The van der Waals surface area contributed by atoms with Crippen LogP contribution in [-0.2, 0) is 16.0 Å². The van der Waals surface area contributed by atoms with E-state index in [0.29, 0.717) is 31.8 Å². The van der Waals surface area contributed by atoms with Crippen molar-refractivity contribution in [2.45, 2.75) is 19.3 Å². The van der Waals surface area contributed by atoms with Gasteiger partial charge in [-0.3, -0.25) is 9.59 Å². The molecule has 6 nitrogen and oxygen atoms in total. The highest BCUT2D eigenvalue weighted by Crippen LogP contribution is 2.25. The van der Waals surface area contributed by atoms with Crippen molar-refractivity contribution in [1.29, 1.82) is 0 Å². The summed E-state index contributed by atoms with van der Waals surface area (Å²) in [4.78, 5) is 28.0. The Morgan fingerprint density at radius 3 is 2.64 bits per heavy atom. The molecule has 0 saturated carbocycles. The number of nitrogens with zero attached hydrogens (tertiary/aromatic N) is 2. The minimum atomic E-state index is -0.0935. The maximum Gasteiger partial charge on any atom is 0.260 e. The van der Waals surface area contributed by atoms with E-state index in [1.807, 2.05) is 48.5 Å². The number of rotatable bonds is 9. The number of hydrogen-bond acceptors (Lipinski definition) is 4. The van der Waals surface area contributed by atoms with Gasteiger partial charge in [0.25, 0.3) is 5.91 Å². The fourth-order valence-corrected chi connectivity index (χ4v) is 3.32. The Labute approximate surface area is 165 Å². The van der Waals surface area contributed by atoms with Crippen LogP contribution in [0.4, 0.5) is 5.69 Å². The maximum absolute atomic E-state index is 12.6. The Morgan fingerprint density at radius 1 is 1.11 bits per heavy atom. The Morgan fingerprint density at radius 2 is 1.93 bits per heavy atom. The highest BCUT2D eigenvalue weighted by molar-refractivity contribution is 5.95. The molecule has 1 heterocycles. The van der Waals surface area contributed by atoms with Crippen molar-refractivity contribution in [1.82, 2.24) is 4.90 Å². The first kappa shape index (κ1) is 19.9. The summed E-state index contributed by atoms with van der Waals surface area (Å²) in [6, 6.07) is 17.4. The van der Waals surface area contributed by atoms with Gasteiger partial charge in [-0.05, 0) is 30.5 Å².